The zero-order chi connectivity index (χ0) is 13.8. The first-order chi connectivity index (χ1) is 8.80. The average Bonchev–Trinajstić information content (AvgIpc) is 2.80. The molecule has 1 aliphatic heterocycles. The van der Waals surface area contributed by atoms with Crippen LogP contribution in [0.5, 0.6) is 0 Å². The normalized spacial score (nSPS) is 21.2. The first-order valence-corrected chi connectivity index (χ1v) is 6.24. The summed E-state index contributed by atoms with van der Waals surface area (Å²) >= 11 is 0. The third-order valence-corrected chi connectivity index (χ3v) is 3.98. The van der Waals surface area contributed by atoms with E-state index < -0.39 is 7.12 Å². The maximum absolute atomic E-state index is 5.99. The molecule has 1 fully saturated rings. The Morgan fingerprint density at radius 1 is 1.21 bits per heavy atom. The highest BCUT2D eigenvalue weighted by Crippen LogP contribution is 2.36. The van der Waals surface area contributed by atoms with Crippen molar-refractivity contribution in [3.8, 4) is 0 Å². The van der Waals surface area contributed by atoms with Crippen molar-refractivity contribution in [1.82, 2.24) is 14.6 Å². The molecule has 2 N–H and O–H groups in total. The Morgan fingerprint density at radius 3 is 2.42 bits per heavy atom. The number of aromatic nitrogens is 3. The van der Waals surface area contributed by atoms with E-state index in [1.54, 1.807) is 4.52 Å². The van der Waals surface area contributed by atoms with Crippen molar-refractivity contribution in [3.63, 3.8) is 0 Å². The van der Waals surface area contributed by atoms with E-state index in [0.717, 1.165) is 11.0 Å². The Hall–Kier alpha value is -1.60. The zero-order valence-corrected chi connectivity index (χ0v) is 11.5. The number of fused-ring (bicyclic) bond motifs is 1. The number of nitrogen functional groups attached to an aromatic ring is 1. The monoisotopic (exact) mass is 260 g/mol. The molecule has 0 atom stereocenters. The number of hydrogen-bond acceptors (Lipinski definition) is 5. The van der Waals surface area contributed by atoms with E-state index in [0.29, 0.717) is 5.82 Å². The van der Waals surface area contributed by atoms with Gasteiger partial charge in [-0.15, -0.1) is 0 Å². The molecule has 0 unspecified atom stereocenters. The van der Waals surface area contributed by atoms with Crippen LogP contribution in [0.1, 0.15) is 27.7 Å². The molecule has 1 saturated heterocycles. The topological polar surface area (TPSA) is 74.7 Å². The van der Waals surface area contributed by atoms with E-state index in [9.17, 15) is 0 Å². The van der Waals surface area contributed by atoms with Crippen LogP contribution in [0.15, 0.2) is 18.6 Å². The molecule has 0 aromatic carbocycles. The molecule has 0 spiro atoms. The minimum absolute atomic E-state index is 0.358. The first kappa shape index (κ1) is 12.4. The van der Waals surface area contributed by atoms with Gasteiger partial charge in [0.05, 0.1) is 11.2 Å². The quantitative estimate of drug-likeness (QED) is 0.760. The molecule has 0 bridgehead atoms. The van der Waals surface area contributed by atoms with Gasteiger partial charge < -0.3 is 15.0 Å². The van der Waals surface area contributed by atoms with E-state index in [4.69, 9.17) is 15.0 Å². The first-order valence-electron chi connectivity index (χ1n) is 6.24. The van der Waals surface area contributed by atoms with Gasteiger partial charge in [-0.2, -0.15) is 5.10 Å². The second-order valence-corrected chi connectivity index (χ2v) is 5.84. The van der Waals surface area contributed by atoms with Crippen LogP contribution in [0.2, 0.25) is 0 Å². The number of nitrogens with two attached hydrogens (primary N) is 1. The second kappa shape index (κ2) is 3.71. The maximum Gasteiger partial charge on any atom is 0.496 e. The van der Waals surface area contributed by atoms with Crippen LogP contribution < -0.4 is 11.2 Å². The molecule has 3 rings (SSSR count). The molecule has 0 amide bonds. The molecule has 6 nitrogen and oxygen atoms in total. The Morgan fingerprint density at radius 2 is 1.84 bits per heavy atom. The minimum atomic E-state index is -0.411. The summed E-state index contributed by atoms with van der Waals surface area (Å²) in [5.41, 5.74) is 6.76. The van der Waals surface area contributed by atoms with Crippen LogP contribution in [0.3, 0.4) is 0 Å². The second-order valence-electron chi connectivity index (χ2n) is 5.84. The van der Waals surface area contributed by atoms with Crippen LogP contribution in [-0.4, -0.2) is 32.9 Å². The summed E-state index contributed by atoms with van der Waals surface area (Å²) in [7, 11) is -0.411. The lowest BCUT2D eigenvalue weighted by Gasteiger charge is -2.32. The summed E-state index contributed by atoms with van der Waals surface area (Å²) in [6, 6.07) is 1.90. The molecule has 0 radical (unpaired) electrons. The van der Waals surface area contributed by atoms with Crippen molar-refractivity contribution in [3.05, 3.63) is 18.6 Å². The van der Waals surface area contributed by atoms with E-state index >= 15 is 0 Å². The Bertz CT molecular complexity index is 622. The van der Waals surface area contributed by atoms with Crippen molar-refractivity contribution < 1.29 is 9.31 Å². The number of nitrogens with zero attached hydrogens (tertiary/aromatic N) is 3. The highest BCUT2D eigenvalue weighted by molar-refractivity contribution is 6.62. The molecule has 100 valence electrons. The lowest BCUT2D eigenvalue weighted by atomic mass is 9.81. The molecule has 0 aliphatic carbocycles. The fourth-order valence-electron chi connectivity index (χ4n) is 2.08. The van der Waals surface area contributed by atoms with Gasteiger partial charge in [-0.05, 0) is 33.8 Å². The number of hydrogen-bond donors (Lipinski definition) is 1. The predicted octanol–water partition coefficient (Wildman–Crippen LogP) is 0.611. The fraction of sp³-hybridized carbons (Fsp3) is 0.500. The van der Waals surface area contributed by atoms with Crippen molar-refractivity contribution >= 4 is 23.9 Å². The smallest absolute Gasteiger partial charge is 0.399 e. The van der Waals surface area contributed by atoms with Gasteiger partial charge in [0.1, 0.15) is 11.8 Å². The van der Waals surface area contributed by atoms with Crippen LogP contribution in [0.25, 0.3) is 5.52 Å². The third kappa shape index (κ3) is 1.81. The van der Waals surface area contributed by atoms with Gasteiger partial charge >= 0.3 is 7.12 Å². The van der Waals surface area contributed by atoms with Gasteiger partial charge in [-0.1, -0.05) is 0 Å². The fourth-order valence-corrected chi connectivity index (χ4v) is 2.08. The molecule has 1 aliphatic rings. The van der Waals surface area contributed by atoms with Gasteiger partial charge in [0.2, 0.25) is 0 Å². The van der Waals surface area contributed by atoms with Crippen LogP contribution in [0, 0.1) is 0 Å². The van der Waals surface area contributed by atoms with E-state index in [-0.39, 0.29) is 11.2 Å². The van der Waals surface area contributed by atoms with Crippen LogP contribution in [0.4, 0.5) is 5.82 Å². The summed E-state index contributed by atoms with van der Waals surface area (Å²) in [6.45, 7) is 8.10. The molecular weight excluding hydrogens is 243 g/mol. The van der Waals surface area contributed by atoms with Gasteiger partial charge in [0, 0.05) is 11.7 Å². The average molecular weight is 260 g/mol. The summed E-state index contributed by atoms with van der Waals surface area (Å²) < 4.78 is 13.7. The van der Waals surface area contributed by atoms with Crippen molar-refractivity contribution in [2.75, 3.05) is 5.73 Å². The Labute approximate surface area is 112 Å². The molecule has 0 saturated carbocycles. The molecule has 7 heteroatoms. The van der Waals surface area contributed by atoms with Crippen LogP contribution in [-0.2, 0) is 9.31 Å². The summed E-state index contributed by atoms with van der Waals surface area (Å²) in [5, 5.41) is 4.12. The lowest BCUT2D eigenvalue weighted by molar-refractivity contribution is 0.00578. The van der Waals surface area contributed by atoms with Gasteiger partial charge in [-0.25, -0.2) is 9.50 Å². The zero-order valence-electron chi connectivity index (χ0n) is 11.5. The van der Waals surface area contributed by atoms with Gasteiger partial charge in [0.25, 0.3) is 0 Å². The highest BCUT2D eigenvalue weighted by Gasteiger charge is 2.52. The third-order valence-electron chi connectivity index (χ3n) is 3.98. The molecule has 19 heavy (non-hydrogen) atoms. The molecule has 2 aromatic rings. The minimum Gasteiger partial charge on any atom is -0.399 e. The molecule has 2 aromatic heterocycles. The summed E-state index contributed by atoms with van der Waals surface area (Å²) in [6.07, 6.45) is 3.28. The largest absolute Gasteiger partial charge is 0.496 e. The standard InChI is InChI=1S/C12H17BN4O2/c1-11(2)12(3,4)19-13(18-11)8-5-9-10(14)15-7-16-17(9)6-8/h5-7H,1-4H3,(H2,14,15,16). The van der Waals surface area contributed by atoms with E-state index in [1.165, 1.54) is 6.33 Å². The van der Waals surface area contributed by atoms with Gasteiger partial charge in [-0.3, -0.25) is 0 Å². The van der Waals surface area contributed by atoms with E-state index in [1.807, 2.05) is 40.0 Å². The molecular formula is C12H17BN4O2. The van der Waals surface area contributed by atoms with Crippen LogP contribution >= 0.6 is 0 Å². The summed E-state index contributed by atoms with van der Waals surface area (Å²) in [4.78, 5) is 3.97. The van der Waals surface area contributed by atoms with Crippen molar-refractivity contribution in [1.29, 1.82) is 0 Å². The van der Waals surface area contributed by atoms with Crippen molar-refractivity contribution in [2.24, 2.45) is 0 Å². The Kier molecular flexibility index (Phi) is 2.43. The Balaban J connectivity index is 2.01. The predicted molar refractivity (Wildman–Crippen MR) is 73.1 cm³/mol. The highest BCUT2D eigenvalue weighted by atomic mass is 16.7. The number of rotatable bonds is 1. The van der Waals surface area contributed by atoms with Crippen molar-refractivity contribution in [2.45, 2.75) is 38.9 Å². The van der Waals surface area contributed by atoms with E-state index in [2.05, 4.69) is 10.1 Å². The van der Waals surface area contributed by atoms with Gasteiger partial charge in [0.15, 0.2) is 5.82 Å². The number of anilines is 1. The SMILES string of the molecule is CC1(C)OB(c2cc3c(N)ncnn3c2)OC1(C)C. The lowest BCUT2D eigenvalue weighted by Crippen LogP contribution is -2.41. The molecule has 3 heterocycles. The summed E-state index contributed by atoms with van der Waals surface area (Å²) in [5.74, 6) is 0.442. The maximum atomic E-state index is 5.99.